The van der Waals surface area contributed by atoms with Crippen LogP contribution in [0.4, 0.5) is 5.69 Å². The van der Waals surface area contributed by atoms with E-state index in [9.17, 15) is 0 Å². The number of aryl methyl sites for hydroxylation is 1. The third-order valence-electron chi connectivity index (χ3n) is 2.97. The first-order valence-corrected chi connectivity index (χ1v) is 6.16. The molecule has 0 aliphatic heterocycles. The lowest BCUT2D eigenvalue weighted by atomic mass is 10.1. The van der Waals surface area contributed by atoms with Gasteiger partial charge in [0.05, 0.1) is 7.11 Å². The molecule has 96 valence electrons. The summed E-state index contributed by atoms with van der Waals surface area (Å²) in [5.74, 6) is 0.942. The van der Waals surface area contributed by atoms with Crippen molar-refractivity contribution in [2.75, 3.05) is 25.6 Å². The van der Waals surface area contributed by atoms with Crippen LogP contribution in [0.5, 0.6) is 5.75 Å². The smallest absolute Gasteiger partial charge is 0.121 e. The molecule has 1 rings (SSSR count). The Kier molecular flexibility index (Phi) is 5.29. The monoisotopic (exact) mass is 236 g/mol. The zero-order valence-electron chi connectivity index (χ0n) is 11.4. The van der Waals surface area contributed by atoms with Gasteiger partial charge in [-0.05, 0) is 50.5 Å². The highest BCUT2D eigenvalue weighted by Gasteiger charge is 2.04. The van der Waals surface area contributed by atoms with Crippen molar-refractivity contribution in [2.24, 2.45) is 5.73 Å². The average Bonchev–Trinajstić information content (AvgIpc) is 2.28. The van der Waals surface area contributed by atoms with E-state index in [1.54, 1.807) is 7.11 Å². The first-order chi connectivity index (χ1) is 8.04. The van der Waals surface area contributed by atoms with Gasteiger partial charge in [0.2, 0.25) is 0 Å². The summed E-state index contributed by atoms with van der Waals surface area (Å²) in [7, 11) is 3.82. The largest absolute Gasteiger partial charge is 0.496 e. The molecule has 0 aliphatic rings. The van der Waals surface area contributed by atoms with E-state index in [1.165, 1.54) is 11.3 Å². The molecule has 0 aliphatic carbocycles. The number of nitrogens with two attached hydrogens (primary N) is 1. The van der Waals surface area contributed by atoms with Crippen molar-refractivity contribution in [2.45, 2.75) is 32.7 Å². The zero-order valence-corrected chi connectivity index (χ0v) is 11.4. The minimum atomic E-state index is 0.293. The highest BCUT2D eigenvalue weighted by atomic mass is 16.5. The van der Waals surface area contributed by atoms with Gasteiger partial charge in [0.1, 0.15) is 5.75 Å². The average molecular weight is 236 g/mol. The second-order valence-electron chi connectivity index (χ2n) is 4.69. The van der Waals surface area contributed by atoms with Crippen molar-refractivity contribution < 1.29 is 4.74 Å². The Bertz CT molecular complexity index is 350. The lowest BCUT2D eigenvalue weighted by Crippen LogP contribution is -2.22. The van der Waals surface area contributed by atoms with Gasteiger partial charge >= 0.3 is 0 Å². The molecule has 0 saturated heterocycles. The molecule has 1 unspecified atom stereocenters. The molecular formula is C14H24N2O. The maximum atomic E-state index is 5.74. The Morgan fingerprint density at radius 3 is 2.65 bits per heavy atom. The van der Waals surface area contributed by atoms with Crippen LogP contribution in [0, 0.1) is 6.92 Å². The van der Waals surface area contributed by atoms with Crippen LogP contribution < -0.4 is 15.4 Å². The van der Waals surface area contributed by atoms with Crippen molar-refractivity contribution in [3.63, 3.8) is 0 Å². The summed E-state index contributed by atoms with van der Waals surface area (Å²) in [5.41, 5.74) is 8.14. The fraction of sp³-hybridized carbons (Fsp3) is 0.571. The summed E-state index contributed by atoms with van der Waals surface area (Å²) in [6, 6.07) is 6.57. The van der Waals surface area contributed by atoms with E-state index in [0.29, 0.717) is 6.04 Å². The first kappa shape index (κ1) is 13.8. The molecule has 0 spiro atoms. The van der Waals surface area contributed by atoms with Crippen molar-refractivity contribution in [3.8, 4) is 5.75 Å². The van der Waals surface area contributed by atoms with Crippen LogP contribution in [0.2, 0.25) is 0 Å². The fourth-order valence-electron chi connectivity index (χ4n) is 1.88. The number of nitrogens with zero attached hydrogens (tertiary/aromatic N) is 1. The quantitative estimate of drug-likeness (QED) is 0.825. The van der Waals surface area contributed by atoms with Crippen LogP contribution in [0.15, 0.2) is 18.2 Å². The molecule has 2 N–H and O–H groups in total. The molecular weight excluding hydrogens is 212 g/mol. The van der Waals surface area contributed by atoms with Crippen LogP contribution in [0.3, 0.4) is 0 Å². The standard InChI is InChI=1S/C14H24N2O/c1-11-10-13(7-8-14(11)17-4)16(3)9-5-6-12(2)15/h7-8,10,12H,5-6,9,15H2,1-4H3. The molecule has 3 heteroatoms. The molecule has 0 fully saturated rings. The molecule has 0 radical (unpaired) electrons. The molecule has 1 atom stereocenters. The van der Waals surface area contributed by atoms with Gasteiger partial charge < -0.3 is 15.4 Å². The van der Waals surface area contributed by atoms with Crippen LogP contribution in [-0.2, 0) is 0 Å². The van der Waals surface area contributed by atoms with E-state index in [-0.39, 0.29) is 0 Å². The summed E-state index contributed by atoms with van der Waals surface area (Å²) in [5, 5.41) is 0. The Morgan fingerprint density at radius 2 is 2.12 bits per heavy atom. The predicted molar refractivity (Wildman–Crippen MR) is 73.9 cm³/mol. The third-order valence-corrected chi connectivity index (χ3v) is 2.97. The lowest BCUT2D eigenvalue weighted by Gasteiger charge is -2.21. The van der Waals surface area contributed by atoms with E-state index in [4.69, 9.17) is 10.5 Å². The molecule has 0 bridgehead atoms. The maximum Gasteiger partial charge on any atom is 0.121 e. The maximum absolute atomic E-state index is 5.74. The van der Waals surface area contributed by atoms with Gasteiger partial charge in [0.25, 0.3) is 0 Å². The Balaban J connectivity index is 2.57. The highest BCUT2D eigenvalue weighted by Crippen LogP contribution is 2.23. The number of anilines is 1. The number of rotatable bonds is 6. The summed E-state index contributed by atoms with van der Waals surface area (Å²) >= 11 is 0. The van der Waals surface area contributed by atoms with Crippen LogP contribution in [0.25, 0.3) is 0 Å². The Labute approximate surface area is 105 Å². The molecule has 3 nitrogen and oxygen atoms in total. The summed E-state index contributed by atoms with van der Waals surface area (Å²) in [6.45, 7) is 5.16. The van der Waals surface area contributed by atoms with Gasteiger partial charge in [-0.3, -0.25) is 0 Å². The first-order valence-electron chi connectivity index (χ1n) is 6.16. The predicted octanol–water partition coefficient (Wildman–Crippen LogP) is 2.57. The molecule has 0 saturated carbocycles. The van der Waals surface area contributed by atoms with Crippen LogP contribution in [0.1, 0.15) is 25.3 Å². The fourth-order valence-corrected chi connectivity index (χ4v) is 1.88. The van der Waals surface area contributed by atoms with Crippen LogP contribution in [-0.4, -0.2) is 26.7 Å². The van der Waals surface area contributed by atoms with Gasteiger partial charge in [-0.25, -0.2) is 0 Å². The molecule has 0 amide bonds. The molecule has 0 heterocycles. The molecule has 0 aromatic heterocycles. The number of methoxy groups -OCH3 is 1. The SMILES string of the molecule is COc1ccc(N(C)CCCC(C)N)cc1C. The second-order valence-corrected chi connectivity index (χ2v) is 4.69. The highest BCUT2D eigenvalue weighted by molar-refractivity contribution is 5.52. The zero-order chi connectivity index (χ0) is 12.8. The summed E-state index contributed by atoms with van der Waals surface area (Å²) in [6.07, 6.45) is 2.19. The van der Waals surface area contributed by atoms with Crippen molar-refractivity contribution in [1.82, 2.24) is 0 Å². The molecule has 17 heavy (non-hydrogen) atoms. The van der Waals surface area contributed by atoms with E-state index >= 15 is 0 Å². The van der Waals surface area contributed by atoms with Crippen molar-refractivity contribution in [1.29, 1.82) is 0 Å². The van der Waals surface area contributed by atoms with Crippen molar-refractivity contribution in [3.05, 3.63) is 23.8 Å². The van der Waals surface area contributed by atoms with Gasteiger partial charge in [-0.1, -0.05) is 0 Å². The van der Waals surface area contributed by atoms with Gasteiger partial charge in [-0.2, -0.15) is 0 Å². The van der Waals surface area contributed by atoms with E-state index in [1.807, 2.05) is 6.07 Å². The molecule has 1 aromatic carbocycles. The van der Waals surface area contributed by atoms with Gasteiger partial charge in [0.15, 0.2) is 0 Å². The third kappa shape index (κ3) is 4.27. The van der Waals surface area contributed by atoms with Crippen molar-refractivity contribution >= 4 is 5.69 Å². The summed E-state index contributed by atoms with van der Waals surface area (Å²) < 4.78 is 5.26. The number of ether oxygens (including phenoxy) is 1. The van der Waals surface area contributed by atoms with Gasteiger partial charge in [0, 0.05) is 25.3 Å². The number of benzene rings is 1. The van der Waals surface area contributed by atoms with E-state index in [2.05, 4.69) is 37.9 Å². The number of hydrogen-bond donors (Lipinski definition) is 1. The van der Waals surface area contributed by atoms with Gasteiger partial charge in [-0.15, -0.1) is 0 Å². The Morgan fingerprint density at radius 1 is 1.41 bits per heavy atom. The minimum Gasteiger partial charge on any atom is -0.496 e. The topological polar surface area (TPSA) is 38.5 Å². The van der Waals surface area contributed by atoms with Crippen LogP contribution >= 0.6 is 0 Å². The Hall–Kier alpha value is -1.22. The minimum absolute atomic E-state index is 0.293. The molecule has 1 aromatic rings. The second kappa shape index (κ2) is 6.50. The van der Waals surface area contributed by atoms with E-state index < -0.39 is 0 Å². The number of hydrogen-bond acceptors (Lipinski definition) is 3. The lowest BCUT2D eigenvalue weighted by molar-refractivity contribution is 0.411. The summed E-state index contributed by atoms with van der Waals surface area (Å²) in [4.78, 5) is 2.26. The van der Waals surface area contributed by atoms with E-state index in [0.717, 1.165) is 25.1 Å². The normalized spacial score (nSPS) is 12.3.